The highest BCUT2D eigenvalue weighted by molar-refractivity contribution is 5.79. The summed E-state index contributed by atoms with van der Waals surface area (Å²) in [6, 6.07) is 0.314. The van der Waals surface area contributed by atoms with Gasteiger partial charge in [-0.3, -0.25) is 4.79 Å². The number of carbonyl (C=O) groups is 1. The van der Waals surface area contributed by atoms with Crippen LogP contribution in [0.1, 0.15) is 39.0 Å². The normalized spacial score (nSPS) is 24.6. The van der Waals surface area contributed by atoms with Gasteiger partial charge in [0.2, 0.25) is 5.91 Å². The average Bonchev–Trinajstić information content (AvgIpc) is 2.69. The first-order chi connectivity index (χ1) is 7.75. The van der Waals surface area contributed by atoms with Gasteiger partial charge in [0, 0.05) is 19.2 Å². The van der Waals surface area contributed by atoms with E-state index in [-0.39, 0.29) is 18.4 Å². The van der Waals surface area contributed by atoms with Crippen molar-refractivity contribution in [1.29, 1.82) is 0 Å². The fraction of sp³-hybridized carbons (Fsp3) is 0.917. The highest BCUT2D eigenvalue weighted by Gasteiger charge is 2.28. The Morgan fingerprint density at radius 1 is 1.38 bits per heavy atom. The van der Waals surface area contributed by atoms with Crippen LogP contribution in [0.3, 0.4) is 0 Å². The van der Waals surface area contributed by atoms with Crippen LogP contribution in [0, 0.1) is 5.92 Å². The lowest BCUT2D eigenvalue weighted by Crippen LogP contribution is -2.37. The van der Waals surface area contributed by atoms with E-state index in [2.05, 4.69) is 17.6 Å². The van der Waals surface area contributed by atoms with Crippen molar-refractivity contribution in [1.82, 2.24) is 10.6 Å². The zero-order valence-corrected chi connectivity index (χ0v) is 10.2. The first-order valence-corrected chi connectivity index (χ1v) is 6.37. The zero-order chi connectivity index (χ0) is 11.8. The Kier molecular flexibility index (Phi) is 6.42. The van der Waals surface area contributed by atoms with Crippen LogP contribution in [-0.4, -0.2) is 36.8 Å². The highest BCUT2D eigenvalue weighted by Crippen LogP contribution is 2.14. The van der Waals surface area contributed by atoms with Gasteiger partial charge in [0.1, 0.15) is 0 Å². The van der Waals surface area contributed by atoms with Gasteiger partial charge < -0.3 is 15.7 Å². The highest BCUT2D eigenvalue weighted by atomic mass is 16.2. The topological polar surface area (TPSA) is 61.4 Å². The van der Waals surface area contributed by atoms with E-state index in [1.54, 1.807) is 0 Å². The van der Waals surface area contributed by atoms with Crippen molar-refractivity contribution >= 4 is 5.91 Å². The number of aliphatic hydroxyl groups is 1. The molecule has 0 aromatic heterocycles. The summed E-state index contributed by atoms with van der Waals surface area (Å²) in [6.07, 6.45) is 4.97. The Hall–Kier alpha value is -0.610. The second-order valence-corrected chi connectivity index (χ2v) is 4.57. The largest absolute Gasteiger partial charge is 0.396 e. The minimum atomic E-state index is 0.150. The van der Waals surface area contributed by atoms with Crippen molar-refractivity contribution in [2.24, 2.45) is 5.92 Å². The van der Waals surface area contributed by atoms with Crippen molar-refractivity contribution in [3.8, 4) is 0 Å². The van der Waals surface area contributed by atoms with E-state index in [1.165, 1.54) is 0 Å². The van der Waals surface area contributed by atoms with Crippen LogP contribution in [0.4, 0.5) is 0 Å². The average molecular weight is 228 g/mol. The van der Waals surface area contributed by atoms with Gasteiger partial charge >= 0.3 is 0 Å². The molecule has 1 amide bonds. The molecule has 1 aliphatic rings. The molecule has 1 heterocycles. The fourth-order valence-corrected chi connectivity index (χ4v) is 2.15. The summed E-state index contributed by atoms with van der Waals surface area (Å²) in [7, 11) is 0. The van der Waals surface area contributed by atoms with Gasteiger partial charge in [0.05, 0.1) is 5.92 Å². The number of hydrogen-bond acceptors (Lipinski definition) is 3. The molecule has 0 radical (unpaired) electrons. The molecular weight excluding hydrogens is 204 g/mol. The quantitative estimate of drug-likeness (QED) is 0.561. The molecule has 3 N–H and O–H groups in total. The first-order valence-electron chi connectivity index (χ1n) is 6.37. The monoisotopic (exact) mass is 228 g/mol. The Morgan fingerprint density at radius 3 is 2.75 bits per heavy atom. The maximum atomic E-state index is 11.8. The predicted octanol–water partition coefficient (Wildman–Crippen LogP) is 0.653. The number of rotatable bonds is 7. The molecule has 2 atom stereocenters. The molecule has 4 nitrogen and oxygen atoms in total. The van der Waals surface area contributed by atoms with Crippen LogP contribution < -0.4 is 10.6 Å². The lowest BCUT2D eigenvalue weighted by molar-refractivity contribution is -0.125. The third kappa shape index (κ3) is 4.49. The van der Waals surface area contributed by atoms with E-state index < -0.39 is 0 Å². The summed E-state index contributed by atoms with van der Waals surface area (Å²) in [5.41, 5.74) is 0. The lowest BCUT2D eigenvalue weighted by Gasteiger charge is -2.14. The Morgan fingerprint density at radius 2 is 2.12 bits per heavy atom. The second-order valence-electron chi connectivity index (χ2n) is 4.57. The lowest BCUT2D eigenvalue weighted by atomic mass is 10.0. The molecule has 0 saturated carbocycles. The summed E-state index contributed by atoms with van der Waals surface area (Å²) >= 11 is 0. The van der Waals surface area contributed by atoms with Crippen molar-refractivity contribution in [3.63, 3.8) is 0 Å². The standard InChI is InChI=1S/C12H24N2O2/c1-10-11(6-8-13-10)12(16)14-7-4-2-3-5-9-15/h10-11,13,15H,2-9H2,1H3,(H,14,16). The minimum Gasteiger partial charge on any atom is -0.396 e. The third-order valence-electron chi connectivity index (χ3n) is 3.25. The molecular formula is C12H24N2O2. The molecule has 16 heavy (non-hydrogen) atoms. The number of unbranched alkanes of at least 4 members (excludes halogenated alkanes) is 3. The van der Waals surface area contributed by atoms with Crippen molar-refractivity contribution < 1.29 is 9.90 Å². The molecule has 0 spiro atoms. The number of hydrogen-bond donors (Lipinski definition) is 3. The Balaban J connectivity index is 2.02. The number of aliphatic hydroxyl groups excluding tert-OH is 1. The molecule has 1 saturated heterocycles. The second kappa shape index (κ2) is 7.63. The van der Waals surface area contributed by atoms with Crippen molar-refractivity contribution in [2.45, 2.75) is 45.1 Å². The first kappa shape index (κ1) is 13.5. The summed E-state index contributed by atoms with van der Waals surface area (Å²) in [4.78, 5) is 11.8. The summed E-state index contributed by atoms with van der Waals surface area (Å²) in [6.45, 7) is 4.07. The van der Waals surface area contributed by atoms with Gasteiger partial charge in [-0.1, -0.05) is 12.8 Å². The van der Waals surface area contributed by atoms with E-state index in [0.29, 0.717) is 6.04 Å². The van der Waals surface area contributed by atoms with E-state index in [9.17, 15) is 4.79 Å². The van der Waals surface area contributed by atoms with Gasteiger partial charge in [0.25, 0.3) is 0 Å². The van der Waals surface area contributed by atoms with E-state index in [1.807, 2.05) is 0 Å². The van der Waals surface area contributed by atoms with Crippen molar-refractivity contribution in [2.75, 3.05) is 19.7 Å². The smallest absolute Gasteiger partial charge is 0.224 e. The van der Waals surface area contributed by atoms with Crippen LogP contribution in [0.5, 0.6) is 0 Å². The van der Waals surface area contributed by atoms with Gasteiger partial charge in [0.15, 0.2) is 0 Å². The van der Waals surface area contributed by atoms with E-state index in [4.69, 9.17) is 5.11 Å². The van der Waals surface area contributed by atoms with Gasteiger partial charge in [-0.15, -0.1) is 0 Å². The maximum Gasteiger partial charge on any atom is 0.224 e. The Bertz CT molecular complexity index is 209. The SMILES string of the molecule is CC1NCCC1C(=O)NCCCCCCO. The van der Waals surface area contributed by atoms with Crippen LogP contribution in [0.15, 0.2) is 0 Å². The molecule has 2 unspecified atom stereocenters. The molecule has 94 valence electrons. The Labute approximate surface area is 97.8 Å². The van der Waals surface area contributed by atoms with Crippen LogP contribution in [-0.2, 0) is 4.79 Å². The summed E-state index contributed by atoms with van der Waals surface area (Å²) < 4.78 is 0. The van der Waals surface area contributed by atoms with Crippen LogP contribution >= 0.6 is 0 Å². The zero-order valence-electron chi connectivity index (χ0n) is 10.2. The summed E-state index contributed by atoms with van der Waals surface area (Å²) in [5.74, 6) is 0.345. The van der Waals surface area contributed by atoms with Crippen LogP contribution in [0.25, 0.3) is 0 Å². The van der Waals surface area contributed by atoms with Gasteiger partial charge in [-0.2, -0.15) is 0 Å². The molecule has 4 heteroatoms. The molecule has 0 aromatic rings. The molecule has 0 aromatic carbocycles. The molecule has 1 rings (SSSR count). The third-order valence-corrected chi connectivity index (χ3v) is 3.25. The summed E-state index contributed by atoms with van der Waals surface area (Å²) in [5, 5.41) is 14.9. The molecule has 0 bridgehead atoms. The number of carbonyl (C=O) groups excluding carboxylic acids is 1. The van der Waals surface area contributed by atoms with E-state index in [0.717, 1.165) is 45.2 Å². The molecule has 1 aliphatic heterocycles. The fourth-order valence-electron chi connectivity index (χ4n) is 2.15. The predicted molar refractivity (Wildman–Crippen MR) is 64.1 cm³/mol. The minimum absolute atomic E-state index is 0.150. The number of nitrogens with one attached hydrogen (secondary N) is 2. The van der Waals surface area contributed by atoms with E-state index >= 15 is 0 Å². The van der Waals surface area contributed by atoms with Crippen LogP contribution in [0.2, 0.25) is 0 Å². The molecule has 0 aliphatic carbocycles. The molecule has 1 fully saturated rings. The van der Waals surface area contributed by atoms with Gasteiger partial charge in [-0.25, -0.2) is 0 Å². The van der Waals surface area contributed by atoms with Gasteiger partial charge in [-0.05, 0) is 32.7 Å². The number of amides is 1. The van der Waals surface area contributed by atoms with Crippen molar-refractivity contribution in [3.05, 3.63) is 0 Å². The maximum absolute atomic E-state index is 11.8.